The molecule has 0 aromatic heterocycles. The van der Waals surface area contributed by atoms with Gasteiger partial charge in [-0.05, 0) is 68.7 Å². The molecule has 9 heteroatoms. The second-order valence-electron chi connectivity index (χ2n) is 10.9. The minimum atomic E-state index is -1.04. The Balaban J connectivity index is 0.000000261. The molecule has 0 aliphatic heterocycles. The number of rotatable bonds is 12. The molecule has 0 aliphatic rings. The van der Waals surface area contributed by atoms with Crippen LogP contribution >= 0.6 is 11.6 Å². The Bertz CT molecular complexity index is 1630. The largest absolute Gasteiger partial charge is 0.465 e. The van der Waals surface area contributed by atoms with E-state index in [4.69, 9.17) is 21.1 Å². The highest BCUT2D eigenvalue weighted by atomic mass is 35.5. The summed E-state index contributed by atoms with van der Waals surface area (Å²) in [6, 6.07) is 32.8. The fourth-order valence-corrected chi connectivity index (χ4v) is 5.13. The molecule has 0 bridgehead atoms. The summed E-state index contributed by atoms with van der Waals surface area (Å²) in [5.74, 6) is -3.64. The van der Waals surface area contributed by atoms with Gasteiger partial charge < -0.3 is 19.3 Å². The van der Waals surface area contributed by atoms with Gasteiger partial charge in [0.05, 0.1) is 6.61 Å². The fraction of sp³-hybridized carbons (Fsp3) is 0.282. The van der Waals surface area contributed by atoms with E-state index < -0.39 is 23.8 Å². The number of carbonyl (C=O) groups is 4. The molecule has 8 nitrogen and oxygen atoms in total. The molecule has 0 radical (unpaired) electrons. The van der Waals surface area contributed by atoms with Gasteiger partial charge in [-0.2, -0.15) is 0 Å². The molecule has 4 rings (SSSR count). The van der Waals surface area contributed by atoms with Crippen LogP contribution in [-0.4, -0.2) is 55.4 Å². The molecule has 2 atom stereocenters. The number of hydrogen-bond acceptors (Lipinski definition) is 6. The Hall–Kier alpha value is -4.95. The Morgan fingerprint density at radius 2 is 1.23 bits per heavy atom. The van der Waals surface area contributed by atoms with E-state index in [0.717, 1.165) is 11.1 Å². The summed E-state index contributed by atoms with van der Waals surface area (Å²) in [5.41, 5.74) is 3.86. The van der Waals surface area contributed by atoms with Crippen LogP contribution in [0.15, 0.2) is 109 Å². The SMILES string of the molecule is CCN(CC)C(=O)C(C(=O)OCc1ccccc1)c1ccc(C)cc1.CCOC(=O)C(C(=O)N(C)c1ccccc1)c1cccc(Cl)c1. The smallest absolute Gasteiger partial charge is 0.323 e. The topological polar surface area (TPSA) is 93.2 Å². The highest BCUT2D eigenvalue weighted by molar-refractivity contribution is 6.30. The highest BCUT2D eigenvalue weighted by Gasteiger charge is 2.34. The molecule has 48 heavy (non-hydrogen) atoms. The van der Waals surface area contributed by atoms with E-state index in [1.165, 1.54) is 4.90 Å². The Labute approximate surface area is 288 Å². The lowest BCUT2D eigenvalue weighted by Crippen LogP contribution is -2.38. The van der Waals surface area contributed by atoms with Gasteiger partial charge in [-0.1, -0.05) is 102 Å². The Kier molecular flexibility index (Phi) is 14.9. The molecule has 0 aliphatic carbocycles. The van der Waals surface area contributed by atoms with Gasteiger partial charge in [-0.15, -0.1) is 0 Å². The zero-order valence-corrected chi connectivity index (χ0v) is 28.9. The third kappa shape index (κ3) is 10.5. The van der Waals surface area contributed by atoms with E-state index in [-0.39, 0.29) is 25.0 Å². The third-order valence-electron chi connectivity index (χ3n) is 7.62. The number of carbonyl (C=O) groups excluding carboxylic acids is 4. The maximum Gasteiger partial charge on any atom is 0.323 e. The fourth-order valence-electron chi connectivity index (χ4n) is 4.93. The molecule has 0 saturated heterocycles. The number of ether oxygens (including phenoxy) is 2. The summed E-state index contributed by atoms with van der Waals surface area (Å²) in [5, 5.41) is 0.465. The quantitative estimate of drug-likeness (QED) is 0.116. The summed E-state index contributed by atoms with van der Waals surface area (Å²) < 4.78 is 10.5. The van der Waals surface area contributed by atoms with Crippen LogP contribution in [0.2, 0.25) is 5.02 Å². The first-order chi connectivity index (χ1) is 23.1. The number of hydrogen-bond donors (Lipinski definition) is 0. The number of para-hydroxylation sites is 1. The van der Waals surface area contributed by atoms with E-state index in [1.807, 2.05) is 93.6 Å². The lowest BCUT2D eigenvalue weighted by atomic mass is 9.96. The molecule has 4 aromatic carbocycles. The third-order valence-corrected chi connectivity index (χ3v) is 7.85. The Morgan fingerprint density at radius 3 is 1.79 bits per heavy atom. The summed E-state index contributed by atoms with van der Waals surface area (Å²) in [6.45, 7) is 8.97. The van der Waals surface area contributed by atoms with Crippen LogP contribution in [0.3, 0.4) is 0 Å². The number of anilines is 1. The van der Waals surface area contributed by atoms with Crippen molar-refractivity contribution < 1.29 is 28.7 Å². The van der Waals surface area contributed by atoms with E-state index in [9.17, 15) is 19.2 Å². The molecule has 2 unspecified atom stereocenters. The summed E-state index contributed by atoms with van der Waals surface area (Å²) in [7, 11) is 1.63. The number of nitrogens with zero attached hydrogens (tertiary/aromatic N) is 2. The molecule has 0 N–H and O–H groups in total. The van der Waals surface area contributed by atoms with Crippen molar-refractivity contribution >= 4 is 41.0 Å². The molecule has 0 heterocycles. The first-order valence-electron chi connectivity index (χ1n) is 15.9. The van der Waals surface area contributed by atoms with Crippen molar-refractivity contribution in [3.63, 3.8) is 0 Å². The van der Waals surface area contributed by atoms with Crippen molar-refractivity contribution in [3.8, 4) is 0 Å². The monoisotopic (exact) mass is 670 g/mol. The van der Waals surface area contributed by atoms with Crippen molar-refractivity contribution in [2.24, 2.45) is 0 Å². The van der Waals surface area contributed by atoms with Gasteiger partial charge in [-0.3, -0.25) is 19.2 Å². The first-order valence-corrected chi connectivity index (χ1v) is 16.3. The van der Waals surface area contributed by atoms with Gasteiger partial charge in [0.15, 0.2) is 11.8 Å². The molecular weight excluding hydrogens is 628 g/mol. The van der Waals surface area contributed by atoms with Gasteiger partial charge in [-0.25, -0.2) is 0 Å². The number of likely N-dealkylation sites (N-methyl/N-ethyl adjacent to an activating group) is 2. The molecule has 2 amide bonds. The average molecular weight is 671 g/mol. The van der Waals surface area contributed by atoms with E-state index in [1.54, 1.807) is 55.3 Å². The molecule has 0 spiro atoms. The highest BCUT2D eigenvalue weighted by Crippen LogP contribution is 2.26. The van der Waals surface area contributed by atoms with Crippen LogP contribution < -0.4 is 4.90 Å². The van der Waals surface area contributed by atoms with Crippen LogP contribution in [-0.2, 0) is 35.3 Å². The standard InChI is InChI=1S/C21H25NO3.C18H18ClNO3/c1-4-22(5-2)20(23)19(18-13-11-16(3)12-14-18)21(24)25-15-17-9-7-6-8-10-17;1-3-23-18(22)16(13-8-7-9-14(19)12-13)17(21)20(2)15-10-5-4-6-11-15/h6-14,19H,4-5,15H2,1-3H3;4-12,16H,3H2,1-2H3. The molecule has 4 aromatic rings. The van der Waals surface area contributed by atoms with Gasteiger partial charge in [0, 0.05) is 30.8 Å². The maximum absolute atomic E-state index is 12.9. The molecule has 0 fully saturated rings. The average Bonchev–Trinajstić information content (AvgIpc) is 3.10. The zero-order valence-electron chi connectivity index (χ0n) is 28.1. The summed E-state index contributed by atoms with van der Waals surface area (Å²) in [6.07, 6.45) is 0. The van der Waals surface area contributed by atoms with E-state index in [2.05, 4.69) is 0 Å². The van der Waals surface area contributed by atoms with Crippen molar-refractivity contribution in [1.29, 1.82) is 0 Å². The van der Waals surface area contributed by atoms with Crippen LogP contribution in [0.25, 0.3) is 0 Å². The normalized spacial score (nSPS) is 11.6. The Morgan fingerprint density at radius 1 is 0.667 bits per heavy atom. The van der Waals surface area contributed by atoms with Crippen molar-refractivity contribution in [1.82, 2.24) is 4.90 Å². The number of benzene rings is 4. The predicted molar refractivity (Wildman–Crippen MR) is 189 cm³/mol. The van der Waals surface area contributed by atoms with E-state index in [0.29, 0.717) is 34.9 Å². The number of amides is 2. The van der Waals surface area contributed by atoms with Crippen molar-refractivity contribution in [2.75, 3.05) is 31.6 Å². The molecule has 252 valence electrons. The lowest BCUT2D eigenvalue weighted by molar-refractivity contribution is -0.153. The number of esters is 2. The van der Waals surface area contributed by atoms with Crippen LogP contribution in [0.5, 0.6) is 0 Å². The van der Waals surface area contributed by atoms with Gasteiger partial charge in [0.25, 0.3) is 0 Å². The van der Waals surface area contributed by atoms with Gasteiger partial charge in [0.1, 0.15) is 6.61 Å². The minimum absolute atomic E-state index is 0.160. The van der Waals surface area contributed by atoms with Crippen LogP contribution in [0.1, 0.15) is 54.9 Å². The lowest BCUT2D eigenvalue weighted by Gasteiger charge is -2.24. The zero-order chi connectivity index (χ0) is 35.1. The van der Waals surface area contributed by atoms with E-state index >= 15 is 0 Å². The predicted octanol–water partition coefficient (Wildman–Crippen LogP) is 7.34. The van der Waals surface area contributed by atoms with Crippen molar-refractivity contribution in [3.05, 3.63) is 136 Å². The molecular formula is C39H43ClN2O6. The van der Waals surface area contributed by atoms with Crippen LogP contribution in [0, 0.1) is 6.92 Å². The number of halogens is 1. The summed E-state index contributed by atoms with van der Waals surface area (Å²) >= 11 is 5.99. The second-order valence-corrected chi connectivity index (χ2v) is 11.4. The minimum Gasteiger partial charge on any atom is -0.465 e. The summed E-state index contributed by atoms with van der Waals surface area (Å²) in [4.78, 5) is 53.9. The van der Waals surface area contributed by atoms with Crippen LogP contribution in [0.4, 0.5) is 5.69 Å². The second kappa shape index (κ2) is 19.0. The van der Waals surface area contributed by atoms with Gasteiger partial charge in [0.2, 0.25) is 11.8 Å². The molecule has 0 saturated carbocycles. The number of aryl methyl sites for hydroxylation is 1. The first kappa shape index (κ1) is 37.5. The maximum atomic E-state index is 12.9. The van der Waals surface area contributed by atoms with Crippen molar-refractivity contribution in [2.45, 2.75) is 46.1 Å². The van der Waals surface area contributed by atoms with Gasteiger partial charge >= 0.3 is 11.9 Å².